The van der Waals surface area contributed by atoms with Crippen LogP contribution in [-0.4, -0.2) is 5.78 Å². The van der Waals surface area contributed by atoms with Crippen LogP contribution in [0.25, 0.3) is 0 Å². The highest BCUT2D eigenvalue weighted by molar-refractivity contribution is 14.1. The van der Waals surface area contributed by atoms with E-state index in [2.05, 4.69) is 0 Å². The Bertz CT molecular complexity index is 553. The van der Waals surface area contributed by atoms with E-state index in [1.54, 1.807) is 11.4 Å². The Morgan fingerprint density at radius 2 is 2.12 bits per heavy atom. The highest BCUT2D eigenvalue weighted by Gasteiger charge is 2.17. The van der Waals surface area contributed by atoms with Crippen molar-refractivity contribution in [3.63, 3.8) is 0 Å². The molecule has 1 heterocycles. The van der Waals surface area contributed by atoms with Crippen molar-refractivity contribution in [2.45, 2.75) is 0 Å². The van der Waals surface area contributed by atoms with E-state index in [9.17, 15) is 9.18 Å². The maximum atomic E-state index is 12.9. The SMILES string of the molecule is O=C(c1ccc(F)cc1I)c1sccc1Cl. The predicted octanol–water partition coefficient (Wildman–Crippen LogP) is 4.38. The number of rotatable bonds is 2. The smallest absolute Gasteiger partial charge is 0.205 e. The summed E-state index contributed by atoms with van der Waals surface area (Å²) in [5.41, 5.74) is 0.478. The quantitative estimate of drug-likeness (QED) is 0.569. The summed E-state index contributed by atoms with van der Waals surface area (Å²) in [6.07, 6.45) is 0. The van der Waals surface area contributed by atoms with Gasteiger partial charge < -0.3 is 0 Å². The van der Waals surface area contributed by atoms with Crippen molar-refractivity contribution in [2.24, 2.45) is 0 Å². The Morgan fingerprint density at radius 1 is 1.38 bits per heavy atom. The molecule has 82 valence electrons. The molecular formula is C11H5ClFIOS. The van der Waals surface area contributed by atoms with Gasteiger partial charge in [-0.1, -0.05) is 11.6 Å². The lowest BCUT2D eigenvalue weighted by atomic mass is 10.1. The summed E-state index contributed by atoms with van der Waals surface area (Å²) < 4.78 is 13.5. The Kier molecular flexibility index (Phi) is 3.61. The maximum absolute atomic E-state index is 12.9. The zero-order valence-electron chi connectivity index (χ0n) is 7.84. The second kappa shape index (κ2) is 4.81. The number of benzene rings is 1. The molecule has 0 spiro atoms. The van der Waals surface area contributed by atoms with Gasteiger partial charge in [-0.25, -0.2) is 4.39 Å². The number of carbonyl (C=O) groups excluding carboxylic acids is 1. The van der Waals surface area contributed by atoms with Crippen LogP contribution in [0.1, 0.15) is 15.2 Å². The summed E-state index contributed by atoms with van der Waals surface area (Å²) in [4.78, 5) is 12.6. The van der Waals surface area contributed by atoms with Gasteiger partial charge in [0.2, 0.25) is 5.78 Å². The molecule has 1 nitrogen and oxygen atoms in total. The van der Waals surface area contributed by atoms with Gasteiger partial charge in [0.15, 0.2) is 0 Å². The summed E-state index contributed by atoms with van der Waals surface area (Å²) in [6.45, 7) is 0. The van der Waals surface area contributed by atoms with Gasteiger partial charge in [0.25, 0.3) is 0 Å². The molecule has 0 N–H and O–H groups in total. The lowest BCUT2D eigenvalue weighted by molar-refractivity contribution is 0.104. The molecule has 16 heavy (non-hydrogen) atoms. The van der Waals surface area contributed by atoms with E-state index in [0.29, 0.717) is 19.0 Å². The average Bonchev–Trinajstić information content (AvgIpc) is 2.63. The first-order chi connectivity index (χ1) is 7.59. The predicted molar refractivity (Wildman–Crippen MR) is 71.9 cm³/mol. The largest absolute Gasteiger partial charge is 0.288 e. The zero-order valence-corrected chi connectivity index (χ0v) is 11.6. The third kappa shape index (κ3) is 2.28. The van der Waals surface area contributed by atoms with Crippen molar-refractivity contribution in [3.05, 3.63) is 54.5 Å². The molecule has 0 bridgehead atoms. The van der Waals surface area contributed by atoms with Crippen LogP contribution in [0, 0.1) is 9.39 Å². The fourth-order valence-electron chi connectivity index (χ4n) is 1.25. The standard InChI is InChI=1S/C11H5ClFIOS/c12-8-3-4-16-11(8)10(15)7-2-1-6(13)5-9(7)14/h1-5H. The van der Waals surface area contributed by atoms with Crippen molar-refractivity contribution in [1.29, 1.82) is 0 Å². The van der Waals surface area contributed by atoms with Gasteiger partial charge in [-0.3, -0.25) is 4.79 Å². The van der Waals surface area contributed by atoms with E-state index in [-0.39, 0.29) is 11.6 Å². The summed E-state index contributed by atoms with van der Waals surface area (Å²) in [7, 11) is 0. The molecule has 0 atom stereocenters. The molecule has 0 fully saturated rings. The van der Waals surface area contributed by atoms with Gasteiger partial charge >= 0.3 is 0 Å². The highest BCUT2D eigenvalue weighted by atomic mass is 127. The van der Waals surface area contributed by atoms with Crippen LogP contribution in [0.2, 0.25) is 5.02 Å². The minimum absolute atomic E-state index is 0.163. The van der Waals surface area contributed by atoms with E-state index in [1.807, 2.05) is 22.6 Å². The van der Waals surface area contributed by atoms with Crippen LogP contribution >= 0.6 is 45.5 Å². The molecule has 0 radical (unpaired) electrons. The topological polar surface area (TPSA) is 17.1 Å². The number of thiophene rings is 1. The Balaban J connectivity index is 2.46. The molecule has 0 saturated carbocycles. The summed E-state index contributed by atoms with van der Waals surface area (Å²) in [6, 6.07) is 5.76. The van der Waals surface area contributed by atoms with Crippen LogP contribution in [0.4, 0.5) is 4.39 Å². The fourth-order valence-corrected chi connectivity index (χ4v) is 3.07. The zero-order chi connectivity index (χ0) is 11.7. The molecule has 0 aliphatic heterocycles. The molecule has 1 aromatic heterocycles. The Labute approximate surface area is 114 Å². The number of hydrogen-bond donors (Lipinski definition) is 0. The first-order valence-electron chi connectivity index (χ1n) is 4.32. The number of carbonyl (C=O) groups is 1. The van der Waals surface area contributed by atoms with Crippen molar-refractivity contribution >= 4 is 51.3 Å². The van der Waals surface area contributed by atoms with Gasteiger partial charge in [0.1, 0.15) is 5.82 Å². The number of ketones is 1. The Morgan fingerprint density at radius 3 is 2.69 bits per heavy atom. The molecule has 2 rings (SSSR count). The number of halogens is 3. The first kappa shape index (κ1) is 12.0. The lowest BCUT2D eigenvalue weighted by Crippen LogP contribution is -2.02. The number of hydrogen-bond acceptors (Lipinski definition) is 2. The van der Waals surface area contributed by atoms with Crippen molar-refractivity contribution in [2.75, 3.05) is 0 Å². The monoisotopic (exact) mass is 366 g/mol. The van der Waals surface area contributed by atoms with Crippen molar-refractivity contribution in [3.8, 4) is 0 Å². The van der Waals surface area contributed by atoms with Gasteiger partial charge in [-0.2, -0.15) is 0 Å². The highest BCUT2D eigenvalue weighted by Crippen LogP contribution is 2.26. The molecule has 0 amide bonds. The third-order valence-corrected chi connectivity index (χ3v) is 4.23. The van der Waals surface area contributed by atoms with E-state index >= 15 is 0 Å². The van der Waals surface area contributed by atoms with E-state index in [1.165, 1.54) is 29.5 Å². The summed E-state index contributed by atoms with van der Waals surface area (Å²) in [5, 5.41) is 2.20. The van der Waals surface area contributed by atoms with Crippen LogP contribution in [0.15, 0.2) is 29.6 Å². The summed E-state index contributed by atoms with van der Waals surface area (Å²) in [5.74, 6) is -0.511. The van der Waals surface area contributed by atoms with Crippen LogP contribution < -0.4 is 0 Å². The minimum atomic E-state index is -0.349. The van der Waals surface area contributed by atoms with E-state index in [4.69, 9.17) is 11.6 Å². The molecule has 0 unspecified atom stereocenters. The maximum Gasteiger partial charge on any atom is 0.205 e. The fraction of sp³-hybridized carbons (Fsp3) is 0. The summed E-state index contributed by atoms with van der Waals surface area (Å²) >= 11 is 9.11. The van der Waals surface area contributed by atoms with E-state index < -0.39 is 0 Å². The molecule has 0 aliphatic rings. The van der Waals surface area contributed by atoms with E-state index in [0.717, 1.165) is 0 Å². The molecule has 1 aromatic carbocycles. The molecular weight excluding hydrogens is 362 g/mol. The normalized spacial score (nSPS) is 10.4. The van der Waals surface area contributed by atoms with Gasteiger partial charge in [-0.15, -0.1) is 11.3 Å². The van der Waals surface area contributed by atoms with Crippen LogP contribution in [0.3, 0.4) is 0 Å². The van der Waals surface area contributed by atoms with Gasteiger partial charge in [-0.05, 0) is 52.2 Å². The second-order valence-electron chi connectivity index (χ2n) is 3.05. The van der Waals surface area contributed by atoms with Crippen molar-refractivity contribution < 1.29 is 9.18 Å². The second-order valence-corrected chi connectivity index (χ2v) is 5.54. The average molecular weight is 367 g/mol. The van der Waals surface area contributed by atoms with Crippen LogP contribution in [0.5, 0.6) is 0 Å². The first-order valence-corrected chi connectivity index (χ1v) is 6.66. The Hall–Kier alpha value is -0.460. The van der Waals surface area contributed by atoms with Gasteiger partial charge in [0.05, 0.1) is 9.90 Å². The van der Waals surface area contributed by atoms with Crippen LogP contribution in [-0.2, 0) is 0 Å². The molecule has 5 heteroatoms. The van der Waals surface area contributed by atoms with Gasteiger partial charge in [0, 0.05) is 9.13 Å². The minimum Gasteiger partial charge on any atom is -0.288 e. The molecule has 0 saturated heterocycles. The third-order valence-electron chi connectivity index (χ3n) is 2.00. The van der Waals surface area contributed by atoms with Crippen molar-refractivity contribution in [1.82, 2.24) is 0 Å². The lowest BCUT2D eigenvalue weighted by Gasteiger charge is -2.02. The molecule has 2 aromatic rings. The molecule has 0 aliphatic carbocycles.